The van der Waals surface area contributed by atoms with Crippen LogP contribution in [-0.2, 0) is 37.0 Å². The van der Waals surface area contributed by atoms with E-state index in [1.807, 2.05) is 6.92 Å². The van der Waals surface area contributed by atoms with Crippen LogP contribution in [0.1, 0.15) is 30.9 Å². The summed E-state index contributed by atoms with van der Waals surface area (Å²) < 4.78 is 92.9. The van der Waals surface area contributed by atoms with E-state index in [1.54, 1.807) is 16.9 Å². The standard InChI is InChI=1S/C24H31ClF3N3O8S/c1-3-36-10-5-9-30-40(33,34)31-23(32)38-11-4-6-17-7-8-19(37-13-12-35-2)15-21(17)39-22-20(25)14-18(16-29-22)24(26,27)28/h7-8,14-16,30H,3-6,9-13H2,1-2H3,(H,31,32). The maximum atomic E-state index is 13.0. The van der Waals surface area contributed by atoms with Gasteiger partial charge in [-0.3, -0.25) is 0 Å². The summed E-state index contributed by atoms with van der Waals surface area (Å²) in [6.07, 6.45) is -4.21. The van der Waals surface area contributed by atoms with Gasteiger partial charge in [-0.1, -0.05) is 17.7 Å². The van der Waals surface area contributed by atoms with Crippen molar-refractivity contribution in [1.82, 2.24) is 14.4 Å². The van der Waals surface area contributed by atoms with Crippen LogP contribution in [0.2, 0.25) is 5.02 Å². The average Bonchev–Trinajstić information content (AvgIpc) is 2.88. The molecule has 2 N–H and O–H groups in total. The number of alkyl halides is 3. The number of carbonyl (C=O) groups excluding carboxylic acids is 1. The fourth-order valence-corrected chi connectivity index (χ4v) is 4.03. The Balaban J connectivity index is 2.00. The molecule has 40 heavy (non-hydrogen) atoms. The van der Waals surface area contributed by atoms with Gasteiger partial charge < -0.3 is 23.7 Å². The Bertz CT molecular complexity index is 1200. The molecule has 224 valence electrons. The number of amides is 1. The van der Waals surface area contributed by atoms with Gasteiger partial charge in [0.25, 0.3) is 0 Å². The summed E-state index contributed by atoms with van der Waals surface area (Å²) in [7, 11) is -2.58. The molecule has 0 saturated carbocycles. The van der Waals surface area contributed by atoms with Crippen LogP contribution < -0.4 is 18.9 Å². The highest BCUT2D eigenvalue weighted by atomic mass is 35.5. The largest absolute Gasteiger partial charge is 0.491 e. The van der Waals surface area contributed by atoms with Crippen molar-refractivity contribution in [1.29, 1.82) is 0 Å². The van der Waals surface area contributed by atoms with Crippen LogP contribution in [0.25, 0.3) is 0 Å². The van der Waals surface area contributed by atoms with E-state index in [4.69, 9.17) is 35.3 Å². The molecular weight excluding hydrogens is 583 g/mol. The molecule has 16 heteroatoms. The third kappa shape index (κ3) is 12.1. The summed E-state index contributed by atoms with van der Waals surface area (Å²) >= 11 is 5.99. The van der Waals surface area contributed by atoms with Crippen LogP contribution in [0.15, 0.2) is 30.5 Å². The lowest BCUT2D eigenvalue weighted by atomic mass is 10.1. The van der Waals surface area contributed by atoms with E-state index in [1.165, 1.54) is 13.2 Å². The lowest BCUT2D eigenvalue weighted by Crippen LogP contribution is -2.41. The Kier molecular flexibility index (Phi) is 13.7. The molecule has 11 nitrogen and oxygen atoms in total. The molecule has 1 heterocycles. The van der Waals surface area contributed by atoms with Gasteiger partial charge >= 0.3 is 22.5 Å². The molecule has 0 fully saturated rings. The molecule has 1 aromatic carbocycles. The number of nitrogens with zero attached hydrogens (tertiary/aromatic N) is 1. The van der Waals surface area contributed by atoms with Crippen molar-refractivity contribution < 1.29 is 50.1 Å². The quantitative estimate of drug-likeness (QED) is 0.247. The zero-order valence-corrected chi connectivity index (χ0v) is 23.5. The van der Waals surface area contributed by atoms with Crippen LogP contribution in [0.3, 0.4) is 0 Å². The summed E-state index contributed by atoms with van der Waals surface area (Å²) in [5, 5.41) is -0.348. The van der Waals surface area contributed by atoms with Crippen molar-refractivity contribution in [3.05, 3.63) is 46.6 Å². The summed E-state index contributed by atoms with van der Waals surface area (Å²) in [6, 6.07) is 5.53. The number of ether oxygens (including phenoxy) is 5. The minimum atomic E-state index is -4.62. The highest BCUT2D eigenvalue weighted by Gasteiger charge is 2.32. The maximum Gasteiger partial charge on any atom is 0.421 e. The van der Waals surface area contributed by atoms with Gasteiger partial charge in [0.1, 0.15) is 23.1 Å². The second-order valence-electron chi connectivity index (χ2n) is 8.01. The van der Waals surface area contributed by atoms with Gasteiger partial charge in [0.05, 0.1) is 18.8 Å². The molecule has 2 rings (SSSR count). The van der Waals surface area contributed by atoms with Crippen molar-refractivity contribution in [2.75, 3.05) is 46.7 Å². The van der Waals surface area contributed by atoms with Gasteiger partial charge in [-0.05, 0) is 43.9 Å². The minimum Gasteiger partial charge on any atom is -0.491 e. The number of hydrogen-bond acceptors (Lipinski definition) is 9. The number of nitrogens with one attached hydrogen (secondary N) is 2. The fourth-order valence-electron chi connectivity index (χ4n) is 3.06. The van der Waals surface area contributed by atoms with E-state index in [0.717, 1.165) is 0 Å². The molecule has 0 aliphatic heterocycles. The van der Waals surface area contributed by atoms with E-state index >= 15 is 0 Å². The molecule has 1 aromatic heterocycles. The first kappa shape index (κ1) is 33.4. The van der Waals surface area contributed by atoms with Crippen molar-refractivity contribution in [2.24, 2.45) is 0 Å². The Morgan fingerprint density at radius 3 is 2.55 bits per heavy atom. The van der Waals surface area contributed by atoms with Gasteiger partial charge in [-0.15, -0.1) is 0 Å². The number of methoxy groups -OCH3 is 1. The number of halogens is 4. The predicted molar refractivity (Wildman–Crippen MR) is 139 cm³/mol. The third-order valence-corrected chi connectivity index (χ3v) is 6.23. The van der Waals surface area contributed by atoms with Gasteiger partial charge in [0.15, 0.2) is 0 Å². The lowest BCUT2D eigenvalue weighted by Gasteiger charge is -2.15. The predicted octanol–water partition coefficient (Wildman–Crippen LogP) is 4.49. The summed E-state index contributed by atoms with van der Waals surface area (Å²) in [5.41, 5.74) is -0.454. The molecule has 0 saturated heterocycles. The monoisotopic (exact) mass is 613 g/mol. The summed E-state index contributed by atoms with van der Waals surface area (Å²) in [6.45, 7) is 3.19. The first-order valence-corrected chi connectivity index (χ1v) is 14.0. The third-order valence-electron chi connectivity index (χ3n) is 4.94. The van der Waals surface area contributed by atoms with Gasteiger partial charge in [-0.25, -0.2) is 14.5 Å². The normalized spacial score (nSPS) is 11.8. The molecular formula is C24H31ClF3N3O8S. The lowest BCUT2D eigenvalue weighted by molar-refractivity contribution is -0.137. The van der Waals surface area contributed by atoms with E-state index in [-0.39, 0.29) is 49.3 Å². The van der Waals surface area contributed by atoms with Gasteiger partial charge in [0, 0.05) is 39.1 Å². The highest BCUT2D eigenvalue weighted by molar-refractivity contribution is 7.88. The number of carbonyl (C=O) groups is 1. The SMILES string of the molecule is CCOCCCNS(=O)(=O)NC(=O)OCCCc1ccc(OCCOC)cc1Oc1ncc(C(F)(F)F)cc1Cl. The first-order chi connectivity index (χ1) is 18.9. The highest BCUT2D eigenvalue weighted by Crippen LogP contribution is 2.36. The number of aryl methyl sites for hydroxylation is 1. The van der Waals surface area contributed by atoms with E-state index in [2.05, 4.69) is 9.71 Å². The topological polar surface area (TPSA) is 134 Å². The first-order valence-electron chi connectivity index (χ1n) is 12.1. The second kappa shape index (κ2) is 16.4. The Labute approximate surface area is 235 Å². The zero-order chi connectivity index (χ0) is 29.6. The Hall–Kier alpha value is -2.85. The Morgan fingerprint density at radius 2 is 1.88 bits per heavy atom. The molecule has 0 unspecified atom stereocenters. The number of aromatic nitrogens is 1. The van der Waals surface area contributed by atoms with E-state index in [9.17, 15) is 26.4 Å². The molecule has 0 aliphatic rings. The minimum absolute atomic E-state index is 0.0778. The molecule has 0 bridgehead atoms. The Morgan fingerprint density at radius 1 is 1.10 bits per heavy atom. The van der Waals surface area contributed by atoms with Gasteiger partial charge in [0.2, 0.25) is 5.88 Å². The molecule has 0 atom stereocenters. The molecule has 0 aliphatic carbocycles. The molecule has 0 radical (unpaired) electrons. The molecule has 0 spiro atoms. The zero-order valence-electron chi connectivity index (χ0n) is 21.9. The number of pyridine rings is 1. The van der Waals surface area contributed by atoms with Crippen molar-refractivity contribution >= 4 is 27.9 Å². The van der Waals surface area contributed by atoms with Crippen LogP contribution in [-0.4, -0.2) is 66.2 Å². The van der Waals surface area contributed by atoms with Crippen molar-refractivity contribution in [2.45, 2.75) is 32.4 Å². The van der Waals surface area contributed by atoms with E-state index < -0.39 is 28.0 Å². The van der Waals surface area contributed by atoms with Crippen molar-refractivity contribution in [3.8, 4) is 17.4 Å². The van der Waals surface area contributed by atoms with Crippen molar-refractivity contribution in [3.63, 3.8) is 0 Å². The molecule has 1 amide bonds. The number of rotatable bonds is 17. The van der Waals surface area contributed by atoms with Crippen LogP contribution in [0.4, 0.5) is 18.0 Å². The van der Waals surface area contributed by atoms with Crippen LogP contribution in [0, 0.1) is 0 Å². The fraction of sp³-hybridized carbons (Fsp3) is 0.500. The van der Waals surface area contributed by atoms with Gasteiger partial charge in [-0.2, -0.15) is 26.3 Å². The number of hydrogen-bond donors (Lipinski definition) is 2. The van der Waals surface area contributed by atoms with Crippen LogP contribution >= 0.6 is 11.6 Å². The van der Waals surface area contributed by atoms with E-state index in [0.29, 0.717) is 49.8 Å². The average molecular weight is 614 g/mol. The maximum absolute atomic E-state index is 13.0. The summed E-state index contributed by atoms with van der Waals surface area (Å²) in [5.74, 6) is 0.348. The smallest absolute Gasteiger partial charge is 0.421 e. The number of benzene rings is 1. The second-order valence-corrected chi connectivity index (χ2v) is 9.92. The summed E-state index contributed by atoms with van der Waals surface area (Å²) in [4.78, 5) is 15.6. The van der Waals surface area contributed by atoms with Crippen LogP contribution in [0.5, 0.6) is 17.4 Å². The molecule has 2 aromatic rings.